The van der Waals surface area contributed by atoms with E-state index in [4.69, 9.17) is 10.00 Å². The van der Waals surface area contributed by atoms with Gasteiger partial charge in [-0.3, -0.25) is 9.69 Å². The topological polar surface area (TPSA) is 96.1 Å². The van der Waals surface area contributed by atoms with Crippen molar-refractivity contribution < 1.29 is 9.53 Å². The van der Waals surface area contributed by atoms with Crippen LogP contribution >= 0.6 is 0 Å². The summed E-state index contributed by atoms with van der Waals surface area (Å²) in [5.74, 6) is -0.0809. The molecule has 1 aromatic heterocycles. The molecule has 1 N–H and O–H groups in total. The van der Waals surface area contributed by atoms with E-state index in [1.807, 2.05) is 43.5 Å². The zero-order chi connectivity index (χ0) is 22.3. The number of carbonyl (C=O) groups excluding carboxylic acids is 1. The molecule has 8 nitrogen and oxygen atoms in total. The SMILES string of the molecule is Cc1ccc(-c2cn(Cc3ccc(C#N)cc3)nn2)cc1C(=O)NCCN1CCOCC1. The van der Waals surface area contributed by atoms with Gasteiger partial charge in [0.25, 0.3) is 5.91 Å². The van der Waals surface area contributed by atoms with Crippen LogP contribution in [0.2, 0.25) is 0 Å². The Morgan fingerprint density at radius 2 is 1.97 bits per heavy atom. The Morgan fingerprint density at radius 3 is 2.72 bits per heavy atom. The molecule has 2 heterocycles. The number of morpholine rings is 1. The van der Waals surface area contributed by atoms with Crippen LogP contribution in [-0.4, -0.2) is 65.2 Å². The highest BCUT2D eigenvalue weighted by molar-refractivity contribution is 5.96. The van der Waals surface area contributed by atoms with Crippen molar-refractivity contribution in [3.63, 3.8) is 0 Å². The fourth-order valence-corrected chi connectivity index (χ4v) is 3.65. The molecule has 164 valence electrons. The molecule has 2 aromatic carbocycles. The zero-order valence-electron chi connectivity index (χ0n) is 18.1. The minimum atomic E-state index is -0.0809. The Balaban J connectivity index is 1.40. The quantitative estimate of drug-likeness (QED) is 0.618. The van der Waals surface area contributed by atoms with Gasteiger partial charge in [0.05, 0.1) is 37.6 Å². The second-order valence-electron chi connectivity index (χ2n) is 7.85. The number of rotatable bonds is 7. The summed E-state index contributed by atoms with van der Waals surface area (Å²) in [6.07, 6.45) is 1.86. The van der Waals surface area contributed by atoms with E-state index in [-0.39, 0.29) is 5.91 Å². The number of aromatic nitrogens is 3. The first-order chi connectivity index (χ1) is 15.6. The first-order valence-electron chi connectivity index (χ1n) is 10.7. The fraction of sp³-hybridized carbons (Fsp3) is 0.333. The fourth-order valence-electron chi connectivity index (χ4n) is 3.65. The molecule has 0 atom stereocenters. The van der Waals surface area contributed by atoms with Gasteiger partial charge in [0, 0.05) is 37.3 Å². The average Bonchev–Trinajstić information content (AvgIpc) is 3.29. The minimum absolute atomic E-state index is 0.0809. The van der Waals surface area contributed by atoms with Crippen molar-refractivity contribution in [3.8, 4) is 17.3 Å². The number of hydrogen-bond donors (Lipinski definition) is 1. The number of carbonyl (C=O) groups is 1. The lowest BCUT2D eigenvalue weighted by Gasteiger charge is -2.26. The van der Waals surface area contributed by atoms with Crippen molar-refractivity contribution in [1.82, 2.24) is 25.2 Å². The van der Waals surface area contributed by atoms with Gasteiger partial charge < -0.3 is 10.1 Å². The first-order valence-corrected chi connectivity index (χ1v) is 10.7. The van der Waals surface area contributed by atoms with Crippen molar-refractivity contribution in [2.45, 2.75) is 13.5 Å². The molecule has 1 amide bonds. The Morgan fingerprint density at radius 1 is 1.19 bits per heavy atom. The summed E-state index contributed by atoms with van der Waals surface area (Å²) < 4.78 is 7.11. The predicted molar refractivity (Wildman–Crippen MR) is 120 cm³/mol. The normalized spacial score (nSPS) is 14.1. The number of nitriles is 1. The molecule has 8 heteroatoms. The number of ether oxygens (including phenoxy) is 1. The first kappa shape index (κ1) is 21.7. The Hall–Kier alpha value is -3.54. The van der Waals surface area contributed by atoms with Gasteiger partial charge in [-0.25, -0.2) is 4.68 Å². The van der Waals surface area contributed by atoms with Gasteiger partial charge in [-0.05, 0) is 36.2 Å². The third-order valence-corrected chi connectivity index (χ3v) is 5.56. The molecule has 1 fully saturated rings. The standard InChI is InChI=1S/C24H26N6O2/c1-18-2-7-21(14-22(18)24(31)26-8-9-29-10-12-32-13-11-29)23-17-30(28-27-23)16-20-5-3-19(15-25)4-6-20/h2-7,14,17H,8-13,16H2,1H3,(H,26,31). The molecule has 1 aliphatic heterocycles. The van der Waals surface area contributed by atoms with Gasteiger partial charge in [-0.15, -0.1) is 5.10 Å². The number of amides is 1. The average molecular weight is 431 g/mol. The molecule has 0 aliphatic carbocycles. The van der Waals surface area contributed by atoms with Crippen LogP contribution in [-0.2, 0) is 11.3 Å². The van der Waals surface area contributed by atoms with Gasteiger partial charge in [0.2, 0.25) is 0 Å². The molecule has 1 aliphatic rings. The van der Waals surface area contributed by atoms with Crippen molar-refractivity contribution in [2.24, 2.45) is 0 Å². The van der Waals surface area contributed by atoms with E-state index in [0.717, 1.165) is 49.5 Å². The Bertz CT molecular complexity index is 1110. The maximum atomic E-state index is 12.8. The van der Waals surface area contributed by atoms with Gasteiger partial charge in [0.15, 0.2) is 0 Å². The van der Waals surface area contributed by atoms with Crippen molar-refractivity contribution in [3.05, 3.63) is 70.9 Å². The van der Waals surface area contributed by atoms with E-state index in [1.165, 1.54) is 0 Å². The highest BCUT2D eigenvalue weighted by Gasteiger charge is 2.14. The van der Waals surface area contributed by atoms with Gasteiger partial charge in [0.1, 0.15) is 5.69 Å². The predicted octanol–water partition coefficient (Wildman–Crippen LogP) is 2.24. The van der Waals surface area contributed by atoms with Gasteiger partial charge >= 0.3 is 0 Å². The number of nitrogens with zero attached hydrogens (tertiary/aromatic N) is 5. The second-order valence-corrected chi connectivity index (χ2v) is 7.85. The Kier molecular flexibility index (Phi) is 6.90. The monoisotopic (exact) mass is 430 g/mol. The molecule has 0 unspecified atom stereocenters. The lowest BCUT2D eigenvalue weighted by atomic mass is 10.0. The van der Waals surface area contributed by atoms with Crippen LogP contribution in [0.1, 0.15) is 27.0 Å². The van der Waals surface area contributed by atoms with E-state index in [0.29, 0.717) is 29.9 Å². The molecule has 4 rings (SSSR count). The summed E-state index contributed by atoms with van der Waals surface area (Å²) >= 11 is 0. The molecule has 0 saturated carbocycles. The van der Waals surface area contributed by atoms with Crippen LogP contribution in [0.3, 0.4) is 0 Å². The molecule has 1 saturated heterocycles. The van der Waals surface area contributed by atoms with Crippen LogP contribution in [0.5, 0.6) is 0 Å². The maximum absolute atomic E-state index is 12.8. The molecule has 0 spiro atoms. The summed E-state index contributed by atoms with van der Waals surface area (Å²) in [7, 11) is 0. The van der Waals surface area contributed by atoms with Gasteiger partial charge in [-0.1, -0.05) is 29.5 Å². The minimum Gasteiger partial charge on any atom is -0.379 e. The van der Waals surface area contributed by atoms with Crippen molar-refractivity contribution >= 4 is 5.91 Å². The van der Waals surface area contributed by atoms with Crippen LogP contribution in [0.15, 0.2) is 48.7 Å². The van der Waals surface area contributed by atoms with E-state index in [9.17, 15) is 4.79 Å². The molecule has 3 aromatic rings. The zero-order valence-corrected chi connectivity index (χ0v) is 18.1. The number of benzene rings is 2. The number of hydrogen-bond acceptors (Lipinski definition) is 6. The second kappa shape index (κ2) is 10.2. The van der Waals surface area contributed by atoms with Gasteiger partial charge in [-0.2, -0.15) is 5.26 Å². The van der Waals surface area contributed by atoms with Crippen LogP contribution in [0.4, 0.5) is 0 Å². The van der Waals surface area contributed by atoms with E-state index < -0.39 is 0 Å². The summed E-state index contributed by atoms with van der Waals surface area (Å²) in [5.41, 5.74) is 4.78. The summed E-state index contributed by atoms with van der Waals surface area (Å²) in [6, 6.07) is 15.3. The number of aryl methyl sites for hydroxylation is 1. The molecule has 0 radical (unpaired) electrons. The molecular formula is C24H26N6O2. The van der Waals surface area contributed by atoms with Crippen LogP contribution in [0.25, 0.3) is 11.3 Å². The van der Waals surface area contributed by atoms with Crippen molar-refractivity contribution in [1.29, 1.82) is 5.26 Å². The third kappa shape index (κ3) is 5.38. The maximum Gasteiger partial charge on any atom is 0.251 e. The lowest BCUT2D eigenvalue weighted by molar-refractivity contribution is 0.0383. The van der Waals surface area contributed by atoms with Crippen molar-refractivity contribution in [2.75, 3.05) is 39.4 Å². The summed E-state index contributed by atoms with van der Waals surface area (Å²) in [4.78, 5) is 15.1. The lowest BCUT2D eigenvalue weighted by Crippen LogP contribution is -2.41. The summed E-state index contributed by atoms with van der Waals surface area (Å²) in [5, 5.41) is 20.4. The number of nitrogens with one attached hydrogen (secondary N) is 1. The summed E-state index contributed by atoms with van der Waals surface area (Å²) in [6.45, 7) is 7.22. The highest BCUT2D eigenvalue weighted by Crippen LogP contribution is 2.21. The molecule has 0 bridgehead atoms. The van der Waals surface area contributed by atoms with E-state index >= 15 is 0 Å². The molecular weight excluding hydrogens is 404 g/mol. The molecule has 32 heavy (non-hydrogen) atoms. The van der Waals surface area contributed by atoms with E-state index in [1.54, 1.807) is 16.8 Å². The largest absolute Gasteiger partial charge is 0.379 e. The van der Waals surface area contributed by atoms with E-state index in [2.05, 4.69) is 26.6 Å². The Labute approximate surface area is 187 Å². The smallest absolute Gasteiger partial charge is 0.251 e. The highest BCUT2D eigenvalue weighted by atomic mass is 16.5. The van der Waals surface area contributed by atoms with Crippen LogP contribution < -0.4 is 5.32 Å². The third-order valence-electron chi connectivity index (χ3n) is 5.56. The van der Waals surface area contributed by atoms with Crippen LogP contribution in [0, 0.1) is 18.3 Å².